The molecule has 0 aliphatic carbocycles. The van der Waals surface area contributed by atoms with Gasteiger partial charge in [-0.2, -0.15) is 0 Å². The van der Waals surface area contributed by atoms with Crippen molar-refractivity contribution < 1.29 is 14.2 Å². The zero-order valence-corrected chi connectivity index (χ0v) is 12.2. The van der Waals surface area contributed by atoms with Gasteiger partial charge >= 0.3 is 0 Å². The molecule has 1 unspecified atom stereocenters. The predicted octanol–water partition coefficient (Wildman–Crippen LogP) is 3.23. The van der Waals surface area contributed by atoms with Crippen molar-refractivity contribution in [2.75, 3.05) is 14.2 Å². The molecule has 0 amide bonds. The number of hydrogen-bond donors (Lipinski definition) is 1. The normalized spacial score (nSPS) is 20.3. The minimum Gasteiger partial charge on any atom is -0.497 e. The van der Waals surface area contributed by atoms with Crippen LogP contribution in [0.3, 0.4) is 0 Å². The van der Waals surface area contributed by atoms with E-state index in [0.29, 0.717) is 0 Å². The monoisotopic (exact) mass is 285 g/mol. The highest BCUT2D eigenvalue weighted by Crippen LogP contribution is 2.42. The fraction of sp³-hybridized carbons (Fsp3) is 0.294. The first kappa shape index (κ1) is 13.8. The average Bonchev–Trinajstić information content (AvgIpc) is 2.54. The van der Waals surface area contributed by atoms with Gasteiger partial charge < -0.3 is 19.9 Å². The van der Waals surface area contributed by atoms with Crippen molar-refractivity contribution in [3.05, 3.63) is 53.6 Å². The zero-order valence-electron chi connectivity index (χ0n) is 12.2. The molecule has 0 aromatic heterocycles. The van der Waals surface area contributed by atoms with Gasteiger partial charge in [0.25, 0.3) is 0 Å². The first-order chi connectivity index (χ1) is 10.2. The second-order valence-corrected chi connectivity index (χ2v) is 5.09. The van der Waals surface area contributed by atoms with Gasteiger partial charge in [0.1, 0.15) is 23.4 Å². The van der Waals surface area contributed by atoms with Gasteiger partial charge in [0, 0.05) is 29.7 Å². The third kappa shape index (κ3) is 2.54. The minimum atomic E-state index is -0.115. The van der Waals surface area contributed by atoms with Gasteiger partial charge in [0.2, 0.25) is 0 Å². The second-order valence-electron chi connectivity index (χ2n) is 5.09. The fourth-order valence-electron chi connectivity index (χ4n) is 2.73. The van der Waals surface area contributed by atoms with E-state index in [9.17, 15) is 0 Å². The topological polar surface area (TPSA) is 53.7 Å². The summed E-state index contributed by atoms with van der Waals surface area (Å²) in [4.78, 5) is 0. The van der Waals surface area contributed by atoms with E-state index in [2.05, 4.69) is 0 Å². The van der Waals surface area contributed by atoms with E-state index in [0.717, 1.165) is 34.8 Å². The summed E-state index contributed by atoms with van der Waals surface area (Å²) >= 11 is 0. The number of para-hydroxylation sites is 1. The Morgan fingerprint density at radius 3 is 2.62 bits per heavy atom. The van der Waals surface area contributed by atoms with E-state index < -0.39 is 0 Å². The van der Waals surface area contributed by atoms with E-state index in [1.54, 1.807) is 14.2 Å². The summed E-state index contributed by atoms with van der Waals surface area (Å²) in [7, 11) is 3.28. The number of hydrogen-bond acceptors (Lipinski definition) is 4. The lowest BCUT2D eigenvalue weighted by Gasteiger charge is -2.31. The molecule has 0 saturated heterocycles. The lowest BCUT2D eigenvalue weighted by molar-refractivity contribution is 0.158. The largest absolute Gasteiger partial charge is 0.497 e. The standard InChI is InChI=1S/C17H19NO3/c1-19-11-7-8-13(16(9-11)20-2)17-10-14(18)12-5-3-4-6-15(12)21-17/h3-9,14,17H,10,18H2,1-2H3/t14-,17?/m1/s1. The summed E-state index contributed by atoms with van der Waals surface area (Å²) in [6, 6.07) is 13.6. The average molecular weight is 285 g/mol. The molecule has 1 aliphatic rings. The van der Waals surface area contributed by atoms with Gasteiger partial charge in [0.05, 0.1) is 14.2 Å². The van der Waals surface area contributed by atoms with Crippen molar-refractivity contribution in [1.82, 2.24) is 0 Å². The highest BCUT2D eigenvalue weighted by molar-refractivity contribution is 5.45. The summed E-state index contributed by atoms with van der Waals surface area (Å²) in [6.45, 7) is 0. The van der Waals surface area contributed by atoms with Gasteiger partial charge in [-0.05, 0) is 18.2 Å². The molecule has 3 rings (SSSR count). The molecule has 21 heavy (non-hydrogen) atoms. The molecular formula is C17H19NO3. The maximum absolute atomic E-state index is 6.28. The number of nitrogens with two attached hydrogens (primary N) is 1. The van der Waals surface area contributed by atoms with Crippen molar-refractivity contribution >= 4 is 0 Å². The van der Waals surface area contributed by atoms with E-state index in [-0.39, 0.29) is 12.1 Å². The Morgan fingerprint density at radius 1 is 1.05 bits per heavy atom. The second kappa shape index (κ2) is 5.66. The smallest absolute Gasteiger partial charge is 0.129 e. The molecule has 1 heterocycles. The third-order valence-corrected chi connectivity index (χ3v) is 3.84. The van der Waals surface area contributed by atoms with E-state index in [1.807, 2.05) is 42.5 Å². The van der Waals surface area contributed by atoms with Gasteiger partial charge in [-0.1, -0.05) is 18.2 Å². The Bertz CT molecular complexity index is 642. The molecule has 0 saturated carbocycles. The van der Waals surface area contributed by atoms with Crippen LogP contribution in [0.2, 0.25) is 0 Å². The van der Waals surface area contributed by atoms with Crippen LogP contribution in [-0.4, -0.2) is 14.2 Å². The predicted molar refractivity (Wildman–Crippen MR) is 80.9 cm³/mol. The molecule has 0 fully saturated rings. The number of fused-ring (bicyclic) bond motifs is 1. The van der Waals surface area contributed by atoms with Gasteiger partial charge in [0.15, 0.2) is 0 Å². The summed E-state index contributed by atoms with van der Waals surface area (Å²) < 4.78 is 16.8. The lowest BCUT2D eigenvalue weighted by atomic mass is 9.93. The Kier molecular flexibility index (Phi) is 3.71. The maximum atomic E-state index is 6.28. The van der Waals surface area contributed by atoms with Crippen LogP contribution in [0.4, 0.5) is 0 Å². The van der Waals surface area contributed by atoms with Crippen molar-refractivity contribution in [1.29, 1.82) is 0 Å². The third-order valence-electron chi connectivity index (χ3n) is 3.84. The molecule has 2 aromatic carbocycles. The van der Waals surface area contributed by atoms with Crippen LogP contribution in [0.25, 0.3) is 0 Å². The molecule has 110 valence electrons. The van der Waals surface area contributed by atoms with E-state index >= 15 is 0 Å². The van der Waals surface area contributed by atoms with Gasteiger partial charge in [-0.25, -0.2) is 0 Å². The first-order valence-corrected chi connectivity index (χ1v) is 6.96. The number of methoxy groups -OCH3 is 2. The molecule has 0 radical (unpaired) electrons. The molecule has 0 spiro atoms. The van der Waals surface area contributed by atoms with Crippen molar-refractivity contribution in [3.63, 3.8) is 0 Å². The van der Waals surface area contributed by atoms with Crippen LogP contribution < -0.4 is 19.9 Å². The molecular weight excluding hydrogens is 266 g/mol. The molecule has 2 N–H and O–H groups in total. The summed E-state index contributed by atoms with van der Waals surface area (Å²) in [5.41, 5.74) is 8.32. The van der Waals surface area contributed by atoms with Crippen LogP contribution in [0.1, 0.15) is 29.7 Å². The van der Waals surface area contributed by atoms with E-state index in [4.69, 9.17) is 19.9 Å². The lowest BCUT2D eigenvalue weighted by Crippen LogP contribution is -2.24. The summed E-state index contributed by atoms with van der Waals surface area (Å²) in [5.74, 6) is 2.36. The molecule has 2 aromatic rings. The van der Waals surface area contributed by atoms with Crippen molar-refractivity contribution in [2.45, 2.75) is 18.6 Å². The Labute approximate surface area is 124 Å². The Morgan fingerprint density at radius 2 is 1.86 bits per heavy atom. The van der Waals surface area contributed by atoms with Crippen molar-refractivity contribution in [3.8, 4) is 17.2 Å². The molecule has 2 atom stereocenters. The summed E-state index contributed by atoms with van der Waals surface area (Å²) in [5, 5.41) is 0. The summed E-state index contributed by atoms with van der Waals surface area (Å²) in [6.07, 6.45) is 0.607. The van der Waals surface area contributed by atoms with E-state index in [1.165, 1.54) is 0 Å². The van der Waals surface area contributed by atoms with Crippen LogP contribution in [0.5, 0.6) is 17.2 Å². The zero-order chi connectivity index (χ0) is 14.8. The number of rotatable bonds is 3. The van der Waals surface area contributed by atoms with Crippen LogP contribution >= 0.6 is 0 Å². The van der Waals surface area contributed by atoms with Gasteiger partial charge in [-0.15, -0.1) is 0 Å². The van der Waals surface area contributed by atoms with Crippen LogP contribution in [-0.2, 0) is 0 Å². The number of ether oxygens (including phenoxy) is 3. The highest BCUT2D eigenvalue weighted by Gasteiger charge is 2.28. The Hall–Kier alpha value is -2.20. The quantitative estimate of drug-likeness (QED) is 0.940. The molecule has 4 nitrogen and oxygen atoms in total. The maximum Gasteiger partial charge on any atom is 0.129 e. The molecule has 0 bridgehead atoms. The van der Waals surface area contributed by atoms with Gasteiger partial charge in [-0.3, -0.25) is 0 Å². The minimum absolute atomic E-state index is 0.0354. The van der Waals surface area contributed by atoms with Crippen LogP contribution in [0.15, 0.2) is 42.5 Å². The van der Waals surface area contributed by atoms with Crippen LogP contribution in [0, 0.1) is 0 Å². The Balaban J connectivity index is 1.96. The molecule has 1 aliphatic heterocycles. The molecule has 4 heteroatoms. The fourth-order valence-corrected chi connectivity index (χ4v) is 2.73. The highest BCUT2D eigenvalue weighted by atomic mass is 16.5. The first-order valence-electron chi connectivity index (χ1n) is 6.96. The van der Waals surface area contributed by atoms with Crippen molar-refractivity contribution in [2.24, 2.45) is 5.73 Å². The number of benzene rings is 2. The SMILES string of the molecule is COc1ccc(C2C[C@@H](N)c3ccccc3O2)c(OC)c1.